The van der Waals surface area contributed by atoms with Gasteiger partial charge in [-0.3, -0.25) is 9.69 Å². The average Bonchev–Trinajstić information content (AvgIpc) is 3.18. The van der Waals surface area contributed by atoms with Crippen molar-refractivity contribution in [3.8, 4) is 11.8 Å². The lowest BCUT2D eigenvalue weighted by Crippen LogP contribution is -2.50. The third kappa shape index (κ3) is 8.16. The second kappa shape index (κ2) is 16.4. The first-order valence-corrected chi connectivity index (χ1v) is 17.6. The van der Waals surface area contributed by atoms with Gasteiger partial charge in [-0.15, -0.1) is 0 Å². The van der Waals surface area contributed by atoms with Crippen molar-refractivity contribution < 1.29 is 33.3 Å². The fourth-order valence-electron chi connectivity index (χ4n) is 6.75. The highest BCUT2D eigenvalue weighted by Gasteiger charge is 2.34. The maximum absolute atomic E-state index is 14.4. The molecule has 268 valence electrons. The van der Waals surface area contributed by atoms with Gasteiger partial charge in [-0.1, -0.05) is 54.6 Å². The molecule has 0 unspecified atom stereocenters. The second-order valence-electron chi connectivity index (χ2n) is 12.7. The Kier molecular flexibility index (Phi) is 11.1. The SMILES string of the molecule is COCOc1cc(N2CCc3c(nc(OCCCN4CCOCC4)nc3N3CCN(C(=O)OCc4ccccc4)CC3)C2=O)c2ccccc2c1. The molecule has 4 aromatic rings. The Morgan fingerprint density at radius 3 is 2.47 bits per heavy atom. The molecule has 7 rings (SSSR count). The highest BCUT2D eigenvalue weighted by Crippen LogP contribution is 2.37. The van der Waals surface area contributed by atoms with Gasteiger partial charge in [0.15, 0.2) is 6.79 Å². The number of aromatic nitrogens is 2. The minimum atomic E-state index is -0.345. The van der Waals surface area contributed by atoms with E-state index < -0.39 is 0 Å². The molecule has 0 atom stereocenters. The molecule has 3 aliphatic heterocycles. The zero-order valence-electron chi connectivity index (χ0n) is 29.0. The molecule has 2 amide bonds. The number of carbonyl (C=O) groups excluding carboxylic acids is 2. The number of hydrogen-bond donors (Lipinski definition) is 0. The highest BCUT2D eigenvalue weighted by atomic mass is 16.7. The van der Waals surface area contributed by atoms with Crippen molar-refractivity contribution in [3.05, 3.63) is 83.6 Å². The number of nitrogens with zero attached hydrogens (tertiary/aromatic N) is 6. The number of piperazine rings is 1. The van der Waals surface area contributed by atoms with E-state index in [1.54, 1.807) is 16.9 Å². The van der Waals surface area contributed by atoms with Crippen LogP contribution >= 0.6 is 0 Å². The quantitative estimate of drug-likeness (QED) is 0.155. The van der Waals surface area contributed by atoms with Gasteiger partial charge in [-0.2, -0.15) is 9.97 Å². The van der Waals surface area contributed by atoms with Crippen LogP contribution in [0.3, 0.4) is 0 Å². The van der Waals surface area contributed by atoms with Crippen molar-refractivity contribution >= 4 is 34.3 Å². The van der Waals surface area contributed by atoms with E-state index in [1.165, 1.54) is 0 Å². The standard InChI is InChI=1S/C38H44N6O7/c1-47-27-51-30-24-29-10-5-6-11-31(29)33(25-30)44-14-12-32-34(36(44)45)39-37(49-21-7-13-41-19-22-48-23-20-41)40-35(32)42-15-17-43(18-16-42)38(46)50-26-28-8-3-2-4-9-28/h2-6,8-11,24-25H,7,12-23,26-27H2,1H3. The zero-order valence-corrected chi connectivity index (χ0v) is 29.0. The Hall–Kier alpha value is -4.98. The molecule has 13 nitrogen and oxygen atoms in total. The van der Waals surface area contributed by atoms with Gasteiger partial charge < -0.3 is 38.4 Å². The molecule has 3 aromatic carbocycles. The molecular weight excluding hydrogens is 652 g/mol. The minimum absolute atomic E-state index is 0.0927. The van der Waals surface area contributed by atoms with Gasteiger partial charge in [-0.25, -0.2) is 4.79 Å². The summed E-state index contributed by atoms with van der Waals surface area (Å²) < 4.78 is 28.2. The van der Waals surface area contributed by atoms with Crippen LogP contribution in [-0.2, 0) is 27.2 Å². The van der Waals surface area contributed by atoms with E-state index in [0.29, 0.717) is 63.0 Å². The summed E-state index contributed by atoms with van der Waals surface area (Å²) in [5.41, 5.74) is 2.79. The fraction of sp³-hybridized carbons (Fsp3) is 0.421. The van der Waals surface area contributed by atoms with Crippen LogP contribution in [0.25, 0.3) is 10.8 Å². The van der Waals surface area contributed by atoms with Crippen LogP contribution in [0.5, 0.6) is 11.8 Å². The van der Waals surface area contributed by atoms with Gasteiger partial charge in [0.25, 0.3) is 5.91 Å². The van der Waals surface area contributed by atoms with Gasteiger partial charge in [0.05, 0.1) is 25.5 Å². The number of morpholine rings is 1. The third-order valence-corrected chi connectivity index (χ3v) is 9.44. The maximum Gasteiger partial charge on any atom is 0.410 e. The molecule has 51 heavy (non-hydrogen) atoms. The molecule has 0 N–H and O–H groups in total. The first kappa shape index (κ1) is 34.5. The van der Waals surface area contributed by atoms with Gasteiger partial charge >= 0.3 is 12.1 Å². The summed E-state index contributed by atoms with van der Waals surface area (Å²) in [6, 6.07) is 21.6. The Labute approximate surface area is 297 Å². The van der Waals surface area contributed by atoms with Crippen LogP contribution in [0.2, 0.25) is 0 Å². The largest absolute Gasteiger partial charge is 0.467 e. The van der Waals surface area contributed by atoms with Gasteiger partial charge in [-0.05, 0) is 29.9 Å². The summed E-state index contributed by atoms with van der Waals surface area (Å²) in [4.78, 5) is 45.0. The van der Waals surface area contributed by atoms with Crippen LogP contribution in [0.15, 0.2) is 66.7 Å². The van der Waals surface area contributed by atoms with E-state index >= 15 is 0 Å². The molecule has 0 radical (unpaired) electrons. The van der Waals surface area contributed by atoms with E-state index in [-0.39, 0.29) is 31.4 Å². The fourth-order valence-corrected chi connectivity index (χ4v) is 6.75. The average molecular weight is 697 g/mol. The van der Waals surface area contributed by atoms with E-state index in [4.69, 9.17) is 33.7 Å². The summed E-state index contributed by atoms with van der Waals surface area (Å²) in [7, 11) is 1.57. The first-order chi connectivity index (χ1) is 25.1. The van der Waals surface area contributed by atoms with Crippen LogP contribution in [0, 0.1) is 0 Å². The monoisotopic (exact) mass is 696 g/mol. The normalized spacial score (nSPS) is 16.6. The molecule has 4 heterocycles. The van der Waals surface area contributed by atoms with Gasteiger partial charge in [0.1, 0.15) is 23.9 Å². The number of anilines is 2. The predicted octanol–water partition coefficient (Wildman–Crippen LogP) is 4.38. The van der Waals surface area contributed by atoms with E-state index in [9.17, 15) is 9.59 Å². The lowest BCUT2D eigenvalue weighted by atomic mass is 10.0. The smallest absolute Gasteiger partial charge is 0.410 e. The maximum atomic E-state index is 14.4. The molecule has 2 fully saturated rings. The summed E-state index contributed by atoms with van der Waals surface area (Å²) in [6.07, 6.45) is 0.993. The Morgan fingerprint density at radius 2 is 1.67 bits per heavy atom. The number of fused-ring (bicyclic) bond motifs is 2. The second-order valence-corrected chi connectivity index (χ2v) is 12.7. The van der Waals surface area contributed by atoms with Gasteiger partial charge in [0, 0.05) is 76.5 Å². The van der Waals surface area contributed by atoms with Crippen LogP contribution in [0.4, 0.5) is 16.3 Å². The summed E-state index contributed by atoms with van der Waals surface area (Å²) in [6.45, 7) is 7.32. The van der Waals surface area contributed by atoms with Crippen LogP contribution < -0.4 is 19.3 Å². The number of benzene rings is 3. The van der Waals surface area contributed by atoms with Gasteiger partial charge in [0.2, 0.25) is 0 Å². The molecule has 0 bridgehead atoms. The molecule has 2 saturated heterocycles. The van der Waals surface area contributed by atoms with Crippen molar-refractivity contribution in [3.63, 3.8) is 0 Å². The number of ether oxygens (including phenoxy) is 5. The summed E-state index contributed by atoms with van der Waals surface area (Å²) in [5.74, 6) is 1.06. The van der Waals surface area contributed by atoms with Crippen LogP contribution in [0.1, 0.15) is 28.0 Å². The van der Waals surface area contributed by atoms with E-state index in [2.05, 4.69) is 9.80 Å². The summed E-state index contributed by atoms with van der Waals surface area (Å²) in [5, 5.41) is 1.88. The Morgan fingerprint density at radius 1 is 0.882 bits per heavy atom. The van der Waals surface area contributed by atoms with Crippen LogP contribution in [-0.4, -0.2) is 118 Å². The third-order valence-electron chi connectivity index (χ3n) is 9.44. The number of carbonyl (C=O) groups is 2. The molecule has 1 aromatic heterocycles. The highest BCUT2D eigenvalue weighted by molar-refractivity contribution is 6.12. The van der Waals surface area contributed by atoms with E-state index in [0.717, 1.165) is 66.9 Å². The lowest BCUT2D eigenvalue weighted by molar-refractivity contribution is 0.0356. The predicted molar refractivity (Wildman–Crippen MR) is 192 cm³/mol. The molecule has 13 heteroatoms. The van der Waals surface area contributed by atoms with Crippen molar-refractivity contribution in [1.82, 2.24) is 19.8 Å². The summed E-state index contributed by atoms with van der Waals surface area (Å²) >= 11 is 0. The molecule has 0 saturated carbocycles. The zero-order chi connectivity index (χ0) is 35.0. The molecule has 0 aliphatic carbocycles. The van der Waals surface area contributed by atoms with Crippen molar-refractivity contribution in [1.29, 1.82) is 0 Å². The van der Waals surface area contributed by atoms with Crippen molar-refractivity contribution in [2.45, 2.75) is 19.4 Å². The lowest BCUT2D eigenvalue weighted by Gasteiger charge is -2.37. The first-order valence-electron chi connectivity index (χ1n) is 17.6. The number of methoxy groups -OCH3 is 1. The minimum Gasteiger partial charge on any atom is -0.467 e. The molecule has 0 spiro atoms. The number of amides is 2. The van der Waals surface area contributed by atoms with E-state index in [1.807, 2.05) is 66.7 Å². The molecular formula is C38H44N6O7. The van der Waals surface area contributed by atoms with Crippen molar-refractivity contribution in [2.75, 3.05) is 95.9 Å². The Bertz CT molecular complexity index is 1810. The number of hydrogen-bond acceptors (Lipinski definition) is 11. The van der Waals surface area contributed by atoms with Crippen molar-refractivity contribution in [2.24, 2.45) is 0 Å². The molecule has 3 aliphatic rings. The number of rotatable bonds is 12. The topological polar surface area (TPSA) is 119 Å². The Balaban J connectivity index is 1.12.